The van der Waals surface area contributed by atoms with Crippen molar-refractivity contribution in [2.24, 2.45) is 0 Å². The number of nitrogens with zero attached hydrogens (tertiary/aromatic N) is 1. The van der Waals surface area contributed by atoms with Crippen molar-refractivity contribution in [3.63, 3.8) is 0 Å². The van der Waals surface area contributed by atoms with Gasteiger partial charge < -0.3 is 10.4 Å². The largest absolute Gasteiger partial charge is 0.394 e. The van der Waals surface area contributed by atoms with Crippen molar-refractivity contribution >= 4 is 15.9 Å². The Morgan fingerprint density at radius 1 is 1.29 bits per heavy atom. The van der Waals surface area contributed by atoms with Crippen molar-refractivity contribution in [1.29, 1.82) is 5.26 Å². The van der Waals surface area contributed by atoms with E-state index in [1.54, 1.807) is 12.1 Å². The Morgan fingerprint density at radius 3 is 2.71 bits per heavy atom. The highest BCUT2D eigenvalue weighted by Crippen LogP contribution is 2.19. The van der Waals surface area contributed by atoms with Gasteiger partial charge >= 0.3 is 0 Å². The van der Waals surface area contributed by atoms with Crippen LogP contribution in [0.2, 0.25) is 0 Å². The summed E-state index contributed by atoms with van der Waals surface area (Å²) in [5.74, 6) is -0.424. The zero-order valence-electron chi connectivity index (χ0n) is 11.2. The number of rotatable bonds is 5. The van der Waals surface area contributed by atoms with Crippen LogP contribution in [-0.2, 0) is 6.54 Å². The minimum Gasteiger partial charge on any atom is -0.394 e. The van der Waals surface area contributed by atoms with Gasteiger partial charge in [-0.15, -0.1) is 0 Å². The van der Waals surface area contributed by atoms with Gasteiger partial charge in [-0.1, -0.05) is 34.1 Å². The number of benzene rings is 2. The summed E-state index contributed by atoms with van der Waals surface area (Å²) < 4.78 is 14.7. The van der Waals surface area contributed by atoms with E-state index in [9.17, 15) is 9.50 Å². The lowest BCUT2D eigenvalue weighted by Crippen LogP contribution is -2.24. The molecule has 108 valence electrons. The fourth-order valence-electron chi connectivity index (χ4n) is 2.00. The second-order valence-corrected chi connectivity index (χ2v) is 5.50. The molecule has 3 nitrogen and oxygen atoms in total. The molecule has 2 aromatic carbocycles. The number of hydrogen-bond donors (Lipinski definition) is 2. The van der Waals surface area contributed by atoms with Crippen LogP contribution in [0.3, 0.4) is 0 Å². The predicted molar refractivity (Wildman–Crippen MR) is 81.9 cm³/mol. The van der Waals surface area contributed by atoms with Crippen molar-refractivity contribution in [1.82, 2.24) is 5.32 Å². The Bertz CT molecular complexity index is 670. The van der Waals surface area contributed by atoms with Gasteiger partial charge in [0.2, 0.25) is 0 Å². The normalized spacial score (nSPS) is 11.9. The first-order valence-corrected chi connectivity index (χ1v) is 7.21. The zero-order chi connectivity index (χ0) is 15.2. The van der Waals surface area contributed by atoms with Gasteiger partial charge in [0.25, 0.3) is 0 Å². The molecule has 21 heavy (non-hydrogen) atoms. The number of nitrogens with one attached hydrogen (secondary N) is 1. The van der Waals surface area contributed by atoms with E-state index in [1.165, 1.54) is 6.07 Å². The number of hydrogen-bond acceptors (Lipinski definition) is 3. The molecule has 0 saturated carbocycles. The molecule has 5 heteroatoms. The van der Waals surface area contributed by atoms with Crippen LogP contribution < -0.4 is 5.32 Å². The van der Waals surface area contributed by atoms with Crippen LogP contribution in [-0.4, -0.2) is 11.7 Å². The summed E-state index contributed by atoms with van der Waals surface area (Å²) >= 11 is 3.38. The second kappa shape index (κ2) is 7.32. The third kappa shape index (κ3) is 4.11. The van der Waals surface area contributed by atoms with Crippen LogP contribution in [0, 0.1) is 17.1 Å². The predicted octanol–water partition coefficient (Wildman–Crippen LogP) is 3.28. The molecule has 0 fully saturated rings. The minimum absolute atomic E-state index is 0.0889. The molecule has 2 rings (SSSR count). The molecule has 0 aromatic heterocycles. The quantitative estimate of drug-likeness (QED) is 0.871. The van der Waals surface area contributed by atoms with E-state index in [-0.39, 0.29) is 19.2 Å². The van der Waals surface area contributed by atoms with Crippen LogP contribution in [0.4, 0.5) is 4.39 Å². The summed E-state index contributed by atoms with van der Waals surface area (Å²) in [6.07, 6.45) is 0. The molecule has 0 spiro atoms. The van der Waals surface area contributed by atoms with Crippen molar-refractivity contribution in [2.45, 2.75) is 12.6 Å². The summed E-state index contributed by atoms with van der Waals surface area (Å²) in [5.41, 5.74) is 1.67. The third-order valence-corrected chi connectivity index (χ3v) is 3.65. The van der Waals surface area contributed by atoms with Gasteiger partial charge in [-0.25, -0.2) is 4.39 Å². The number of halogens is 2. The average Bonchev–Trinajstić information content (AvgIpc) is 2.49. The highest BCUT2D eigenvalue weighted by atomic mass is 79.9. The first-order chi connectivity index (χ1) is 10.1. The Labute approximate surface area is 131 Å². The maximum absolute atomic E-state index is 13.8. The molecule has 1 atom stereocenters. The summed E-state index contributed by atoms with van der Waals surface area (Å²) in [6.45, 7) is 0.184. The fraction of sp³-hybridized carbons (Fsp3) is 0.188. The Hall–Kier alpha value is -1.74. The summed E-state index contributed by atoms with van der Waals surface area (Å²) in [6, 6.07) is 13.6. The number of aliphatic hydroxyl groups is 1. The Balaban J connectivity index is 2.09. The molecule has 0 bridgehead atoms. The van der Waals surface area contributed by atoms with Crippen LogP contribution >= 0.6 is 15.9 Å². The SMILES string of the molecule is N#Cc1ccc(CN[C@H](CO)c2cccc(Br)c2)c(F)c1. The molecule has 0 saturated heterocycles. The van der Waals surface area contributed by atoms with E-state index in [0.29, 0.717) is 11.1 Å². The Kier molecular flexibility index (Phi) is 5.45. The highest BCUT2D eigenvalue weighted by molar-refractivity contribution is 9.10. The lowest BCUT2D eigenvalue weighted by Gasteiger charge is -2.17. The Morgan fingerprint density at radius 2 is 2.10 bits per heavy atom. The molecular formula is C16H14BrFN2O. The smallest absolute Gasteiger partial charge is 0.129 e. The fourth-order valence-corrected chi connectivity index (χ4v) is 2.42. The maximum Gasteiger partial charge on any atom is 0.129 e. The van der Waals surface area contributed by atoms with Crippen molar-refractivity contribution in [3.05, 3.63) is 69.4 Å². The van der Waals surface area contributed by atoms with Crippen LogP contribution in [0.25, 0.3) is 0 Å². The molecule has 0 aliphatic heterocycles. The molecule has 0 amide bonds. The van der Waals surface area contributed by atoms with Gasteiger partial charge in [0.1, 0.15) is 5.82 Å². The molecule has 0 heterocycles. The lowest BCUT2D eigenvalue weighted by molar-refractivity contribution is 0.243. The van der Waals surface area contributed by atoms with Gasteiger partial charge in [0.05, 0.1) is 24.3 Å². The van der Waals surface area contributed by atoms with Crippen molar-refractivity contribution in [3.8, 4) is 6.07 Å². The molecular weight excluding hydrogens is 335 g/mol. The van der Waals surface area contributed by atoms with E-state index in [2.05, 4.69) is 21.2 Å². The number of nitriles is 1. The van der Waals surface area contributed by atoms with Gasteiger partial charge in [-0.3, -0.25) is 0 Å². The van der Waals surface area contributed by atoms with E-state index in [0.717, 1.165) is 10.0 Å². The number of aliphatic hydroxyl groups excluding tert-OH is 1. The standard InChI is InChI=1S/C16H14BrFN2O/c17-14-3-1-2-12(7-14)16(10-21)20-9-13-5-4-11(8-19)6-15(13)18/h1-7,16,20-21H,9-10H2/t16-/m1/s1. The van der Waals surface area contributed by atoms with Gasteiger partial charge in [-0.05, 0) is 29.8 Å². The second-order valence-electron chi connectivity index (χ2n) is 4.59. The topological polar surface area (TPSA) is 56.0 Å². The van der Waals surface area contributed by atoms with Gasteiger partial charge in [0, 0.05) is 16.6 Å². The summed E-state index contributed by atoms with van der Waals surface area (Å²) in [7, 11) is 0. The van der Waals surface area contributed by atoms with Crippen molar-refractivity contribution < 1.29 is 9.50 Å². The first-order valence-electron chi connectivity index (χ1n) is 6.42. The zero-order valence-corrected chi connectivity index (χ0v) is 12.8. The van der Waals surface area contributed by atoms with E-state index in [1.807, 2.05) is 30.3 Å². The average molecular weight is 349 g/mol. The summed E-state index contributed by atoms with van der Waals surface area (Å²) in [5, 5.41) is 21.3. The van der Waals surface area contributed by atoms with Crippen LogP contribution in [0.15, 0.2) is 46.9 Å². The molecule has 0 aliphatic rings. The van der Waals surface area contributed by atoms with E-state index < -0.39 is 5.82 Å². The van der Waals surface area contributed by atoms with Crippen molar-refractivity contribution in [2.75, 3.05) is 6.61 Å². The monoisotopic (exact) mass is 348 g/mol. The maximum atomic E-state index is 13.8. The van der Waals surface area contributed by atoms with Crippen LogP contribution in [0.1, 0.15) is 22.7 Å². The molecule has 2 aromatic rings. The van der Waals surface area contributed by atoms with E-state index in [4.69, 9.17) is 5.26 Å². The lowest BCUT2D eigenvalue weighted by atomic mass is 10.1. The van der Waals surface area contributed by atoms with Gasteiger partial charge in [-0.2, -0.15) is 5.26 Å². The molecule has 0 aliphatic carbocycles. The summed E-state index contributed by atoms with van der Waals surface area (Å²) in [4.78, 5) is 0. The highest BCUT2D eigenvalue weighted by Gasteiger charge is 2.11. The molecule has 0 radical (unpaired) electrons. The van der Waals surface area contributed by atoms with E-state index >= 15 is 0 Å². The third-order valence-electron chi connectivity index (χ3n) is 3.15. The molecule has 2 N–H and O–H groups in total. The van der Waals surface area contributed by atoms with Crippen LogP contribution in [0.5, 0.6) is 0 Å². The minimum atomic E-state index is -0.424. The molecule has 0 unspecified atom stereocenters. The van der Waals surface area contributed by atoms with Gasteiger partial charge in [0.15, 0.2) is 0 Å². The first kappa shape index (κ1) is 15.6.